The van der Waals surface area contributed by atoms with Crippen molar-refractivity contribution < 1.29 is 4.79 Å². The number of carbonyl (C=O) groups is 1. The van der Waals surface area contributed by atoms with E-state index in [9.17, 15) is 4.79 Å². The fourth-order valence-electron chi connectivity index (χ4n) is 3.01. The summed E-state index contributed by atoms with van der Waals surface area (Å²) >= 11 is 0. The summed E-state index contributed by atoms with van der Waals surface area (Å²) in [6.45, 7) is 2.48. The number of nitrogens with one attached hydrogen (secondary N) is 1. The average molecular weight is 297 g/mol. The van der Waals surface area contributed by atoms with E-state index >= 15 is 0 Å². The van der Waals surface area contributed by atoms with Crippen molar-refractivity contribution >= 4 is 18.3 Å². The molecule has 112 valence electrons. The van der Waals surface area contributed by atoms with Gasteiger partial charge in [-0.25, -0.2) is 0 Å². The van der Waals surface area contributed by atoms with Gasteiger partial charge < -0.3 is 11.1 Å². The van der Waals surface area contributed by atoms with Crippen LogP contribution in [0.25, 0.3) is 0 Å². The molecular formula is C16H25ClN2O. The Morgan fingerprint density at radius 3 is 2.45 bits per heavy atom. The van der Waals surface area contributed by atoms with Crippen LogP contribution in [-0.4, -0.2) is 18.5 Å². The van der Waals surface area contributed by atoms with Gasteiger partial charge in [0, 0.05) is 6.54 Å². The van der Waals surface area contributed by atoms with Crippen LogP contribution in [0.4, 0.5) is 0 Å². The molecule has 20 heavy (non-hydrogen) atoms. The highest BCUT2D eigenvalue weighted by atomic mass is 35.5. The van der Waals surface area contributed by atoms with Crippen LogP contribution in [0.5, 0.6) is 0 Å². The second-order valence-corrected chi connectivity index (χ2v) is 5.88. The first-order chi connectivity index (χ1) is 9.11. The van der Waals surface area contributed by atoms with Crippen LogP contribution in [0.15, 0.2) is 30.3 Å². The summed E-state index contributed by atoms with van der Waals surface area (Å²) in [6.07, 6.45) is 5.97. The lowest BCUT2D eigenvalue weighted by Crippen LogP contribution is -2.44. The number of rotatable bonds is 5. The SMILES string of the molecule is CC(N)C(=O)NCC1(Cc2ccccc2)CCCC1.Cl. The van der Waals surface area contributed by atoms with Crippen LogP contribution in [0.2, 0.25) is 0 Å². The summed E-state index contributed by atoms with van der Waals surface area (Å²) in [5, 5.41) is 3.02. The Morgan fingerprint density at radius 1 is 1.30 bits per heavy atom. The molecule has 1 fully saturated rings. The van der Waals surface area contributed by atoms with Crippen molar-refractivity contribution in [2.75, 3.05) is 6.54 Å². The molecule has 4 heteroatoms. The maximum Gasteiger partial charge on any atom is 0.236 e. The van der Waals surface area contributed by atoms with Gasteiger partial charge in [-0.3, -0.25) is 4.79 Å². The Balaban J connectivity index is 0.00000200. The first kappa shape index (κ1) is 17.0. The summed E-state index contributed by atoms with van der Waals surface area (Å²) in [6, 6.07) is 10.1. The van der Waals surface area contributed by atoms with Crippen LogP contribution in [0.3, 0.4) is 0 Å². The molecule has 1 amide bonds. The second-order valence-electron chi connectivity index (χ2n) is 5.88. The molecule has 0 spiro atoms. The molecule has 3 N–H and O–H groups in total. The van der Waals surface area contributed by atoms with Crippen molar-refractivity contribution in [2.45, 2.75) is 45.1 Å². The third-order valence-electron chi connectivity index (χ3n) is 4.14. The number of hydrogen-bond acceptors (Lipinski definition) is 2. The van der Waals surface area contributed by atoms with Gasteiger partial charge in [0.25, 0.3) is 0 Å². The molecule has 1 saturated carbocycles. The van der Waals surface area contributed by atoms with E-state index in [4.69, 9.17) is 5.73 Å². The van der Waals surface area contributed by atoms with Gasteiger partial charge in [-0.1, -0.05) is 43.2 Å². The highest BCUT2D eigenvalue weighted by molar-refractivity contribution is 5.85. The van der Waals surface area contributed by atoms with Gasteiger partial charge >= 0.3 is 0 Å². The second kappa shape index (κ2) is 7.65. The zero-order valence-corrected chi connectivity index (χ0v) is 12.9. The topological polar surface area (TPSA) is 55.1 Å². The van der Waals surface area contributed by atoms with Crippen molar-refractivity contribution in [3.05, 3.63) is 35.9 Å². The third kappa shape index (κ3) is 4.50. The van der Waals surface area contributed by atoms with E-state index in [2.05, 4.69) is 29.6 Å². The molecule has 1 unspecified atom stereocenters. The molecule has 0 aliphatic heterocycles. The molecule has 0 bridgehead atoms. The van der Waals surface area contributed by atoms with E-state index in [-0.39, 0.29) is 23.7 Å². The van der Waals surface area contributed by atoms with Gasteiger partial charge in [0.05, 0.1) is 6.04 Å². The van der Waals surface area contributed by atoms with Gasteiger partial charge in [0.1, 0.15) is 0 Å². The van der Waals surface area contributed by atoms with Crippen LogP contribution in [0, 0.1) is 5.41 Å². The Hall–Kier alpha value is -1.06. The van der Waals surface area contributed by atoms with E-state index < -0.39 is 6.04 Å². The van der Waals surface area contributed by atoms with E-state index in [0.717, 1.165) is 13.0 Å². The lowest BCUT2D eigenvalue weighted by molar-refractivity contribution is -0.122. The highest BCUT2D eigenvalue weighted by Gasteiger charge is 2.34. The van der Waals surface area contributed by atoms with Crippen LogP contribution >= 0.6 is 12.4 Å². The minimum absolute atomic E-state index is 0. The monoisotopic (exact) mass is 296 g/mol. The number of amides is 1. The smallest absolute Gasteiger partial charge is 0.236 e. The van der Waals surface area contributed by atoms with E-state index in [0.29, 0.717) is 0 Å². The number of carbonyl (C=O) groups excluding carboxylic acids is 1. The zero-order valence-electron chi connectivity index (χ0n) is 12.1. The molecule has 0 aromatic heterocycles. The minimum Gasteiger partial charge on any atom is -0.354 e. The van der Waals surface area contributed by atoms with Crippen molar-refractivity contribution in [3.8, 4) is 0 Å². The molecule has 0 heterocycles. The summed E-state index contributed by atoms with van der Waals surface area (Å²) in [5.41, 5.74) is 7.19. The van der Waals surface area contributed by atoms with Crippen LogP contribution in [-0.2, 0) is 11.2 Å². The summed E-state index contributed by atoms with van der Waals surface area (Å²) < 4.78 is 0. The van der Waals surface area contributed by atoms with Crippen LogP contribution < -0.4 is 11.1 Å². The molecular weight excluding hydrogens is 272 g/mol. The fourth-order valence-corrected chi connectivity index (χ4v) is 3.01. The molecule has 1 aliphatic carbocycles. The fraction of sp³-hybridized carbons (Fsp3) is 0.562. The first-order valence-electron chi connectivity index (χ1n) is 7.19. The average Bonchev–Trinajstić information content (AvgIpc) is 2.86. The van der Waals surface area contributed by atoms with E-state index in [1.807, 2.05) is 6.07 Å². The number of nitrogens with two attached hydrogens (primary N) is 1. The predicted molar refractivity (Wildman–Crippen MR) is 85.0 cm³/mol. The van der Waals surface area contributed by atoms with Gasteiger partial charge in [0.2, 0.25) is 5.91 Å². The standard InChI is InChI=1S/C16H24N2O.ClH/c1-13(17)15(19)18-12-16(9-5-6-10-16)11-14-7-3-2-4-8-14;/h2-4,7-8,13H,5-6,9-12,17H2,1H3,(H,18,19);1H. The number of benzene rings is 1. The molecule has 1 aromatic carbocycles. The van der Waals surface area contributed by atoms with Crippen molar-refractivity contribution in [1.82, 2.24) is 5.32 Å². The van der Waals surface area contributed by atoms with Crippen molar-refractivity contribution in [2.24, 2.45) is 11.1 Å². The van der Waals surface area contributed by atoms with Gasteiger partial charge in [-0.15, -0.1) is 12.4 Å². The lowest BCUT2D eigenvalue weighted by Gasteiger charge is -2.30. The molecule has 1 atom stereocenters. The third-order valence-corrected chi connectivity index (χ3v) is 4.14. The summed E-state index contributed by atoms with van der Waals surface area (Å²) in [5.74, 6) is -0.0423. The molecule has 1 aliphatic rings. The zero-order chi connectivity index (χ0) is 13.7. The quantitative estimate of drug-likeness (QED) is 0.878. The van der Waals surface area contributed by atoms with Gasteiger partial charge in [-0.2, -0.15) is 0 Å². The Kier molecular flexibility index (Phi) is 6.50. The highest BCUT2D eigenvalue weighted by Crippen LogP contribution is 2.40. The normalized spacial score (nSPS) is 18.1. The number of halogens is 1. The molecule has 3 nitrogen and oxygen atoms in total. The minimum atomic E-state index is -0.421. The maximum atomic E-state index is 11.7. The van der Waals surface area contributed by atoms with Gasteiger partial charge in [-0.05, 0) is 37.2 Å². The Morgan fingerprint density at radius 2 is 1.90 bits per heavy atom. The molecule has 0 radical (unpaired) electrons. The molecule has 1 aromatic rings. The maximum absolute atomic E-state index is 11.7. The van der Waals surface area contributed by atoms with Gasteiger partial charge in [0.15, 0.2) is 0 Å². The Labute approximate surface area is 127 Å². The van der Waals surface area contributed by atoms with Crippen molar-refractivity contribution in [3.63, 3.8) is 0 Å². The Bertz CT molecular complexity index is 414. The summed E-state index contributed by atoms with van der Waals surface area (Å²) in [7, 11) is 0. The summed E-state index contributed by atoms with van der Waals surface area (Å²) in [4.78, 5) is 11.7. The molecule has 2 rings (SSSR count). The van der Waals surface area contributed by atoms with Crippen LogP contribution in [0.1, 0.15) is 38.2 Å². The lowest BCUT2D eigenvalue weighted by atomic mass is 9.80. The largest absolute Gasteiger partial charge is 0.354 e. The van der Waals surface area contributed by atoms with E-state index in [1.54, 1.807) is 6.92 Å². The van der Waals surface area contributed by atoms with Crippen molar-refractivity contribution in [1.29, 1.82) is 0 Å². The number of hydrogen-bond donors (Lipinski definition) is 2. The predicted octanol–water partition coefficient (Wildman–Crippen LogP) is 2.67. The van der Waals surface area contributed by atoms with E-state index in [1.165, 1.54) is 31.2 Å². The first-order valence-corrected chi connectivity index (χ1v) is 7.19. The molecule has 0 saturated heterocycles.